The Hall–Kier alpha value is -1.59. The third-order valence-corrected chi connectivity index (χ3v) is 2.82. The van der Waals surface area contributed by atoms with Crippen LogP contribution in [-0.2, 0) is 9.53 Å². The van der Waals surface area contributed by atoms with E-state index in [2.05, 4.69) is 10.6 Å². The largest absolute Gasteiger partial charge is 0.508 e. The van der Waals surface area contributed by atoms with Crippen LogP contribution in [0.25, 0.3) is 0 Å². The van der Waals surface area contributed by atoms with Crippen molar-refractivity contribution in [3.63, 3.8) is 0 Å². The molecular weight excluding hydrogens is 244 g/mol. The number of ether oxygens (including phenoxy) is 1. The number of phenolic OH excluding ortho intramolecular Hbond substituents is 1. The average Bonchev–Trinajstić information content (AvgIpc) is 2.39. The number of benzene rings is 1. The molecule has 0 heterocycles. The molecule has 1 aromatic carbocycles. The highest BCUT2D eigenvalue weighted by atomic mass is 16.5. The summed E-state index contributed by atoms with van der Waals surface area (Å²) in [5.74, 6) is 0.274. The minimum Gasteiger partial charge on any atom is -0.508 e. The Morgan fingerprint density at radius 3 is 2.63 bits per heavy atom. The summed E-state index contributed by atoms with van der Waals surface area (Å²) >= 11 is 0. The Morgan fingerprint density at radius 1 is 1.32 bits per heavy atom. The van der Waals surface area contributed by atoms with Gasteiger partial charge >= 0.3 is 0 Å². The normalized spacial score (nSPS) is 12.1. The van der Waals surface area contributed by atoms with Crippen molar-refractivity contribution in [2.75, 3.05) is 26.8 Å². The molecule has 5 nitrogen and oxygen atoms in total. The summed E-state index contributed by atoms with van der Waals surface area (Å²) in [5, 5.41) is 15.2. The molecule has 1 aromatic rings. The van der Waals surface area contributed by atoms with Gasteiger partial charge in [0.15, 0.2) is 0 Å². The summed E-state index contributed by atoms with van der Waals surface area (Å²) in [5.41, 5.74) is 1.08. The fourth-order valence-corrected chi connectivity index (χ4v) is 1.66. The van der Waals surface area contributed by atoms with Crippen LogP contribution >= 0.6 is 0 Å². The van der Waals surface area contributed by atoms with E-state index in [1.807, 2.05) is 19.1 Å². The van der Waals surface area contributed by atoms with Crippen LogP contribution in [0.2, 0.25) is 0 Å². The highest BCUT2D eigenvalue weighted by Gasteiger charge is 2.06. The molecule has 1 rings (SSSR count). The molecule has 1 amide bonds. The van der Waals surface area contributed by atoms with Crippen LogP contribution < -0.4 is 10.6 Å². The van der Waals surface area contributed by atoms with Crippen LogP contribution in [0.4, 0.5) is 0 Å². The molecule has 0 radical (unpaired) electrons. The number of methoxy groups -OCH3 is 1. The topological polar surface area (TPSA) is 70.6 Å². The molecule has 3 N–H and O–H groups in total. The van der Waals surface area contributed by atoms with E-state index in [0.717, 1.165) is 5.56 Å². The van der Waals surface area contributed by atoms with Gasteiger partial charge in [0.05, 0.1) is 6.61 Å². The van der Waals surface area contributed by atoms with E-state index in [4.69, 9.17) is 4.74 Å². The molecule has 5 heteroatoms. The van der Waals surface area contributed by atoms with Gasteiger partial charge in [-0.05, 0) is 24.6 Å². The highest BCUT2D eigenvalue weighted by molar-refractivity contribution is 5.76. The van der Waals surface area contributed by atoms with E-state index in [9.17, 15) is 9.90 Å². The average molecular weight is 266 g/mol. The number of carbonyl (C=O) groups is 1. The Balaban J connectivity index is 2.21. The fraction of sp³-hybridized carbons (Fsp3) is 0.500. The minimum absolute atomic E-state index is 0.0162. The Bertz CT molecular complexity index is 379. The summed E-state index contributed by atoms with van der Waals surface area (Å²) < 4.78 is 4.85. The van der Waals surface area contributed by atoms with E-state index in [-0.39, 0.29) is 17.7 Å². The fourth-order valence-electron chi connectivity index (χ4n) is 1.66. The maximum atomic E-state index is 11.4. The van der Waals surface area contributed by atoms with E-state index in [1.165, 1.54) is 0 Å². The molecule has 0 saturated carbocycles. The number of rotatable bonds is 8. The molecule has 0 aliphatic carbocycles. The van der Waals surface area contributed by atoms with Crippen molar-refractivity contribution in [2.45, 2.75) is 19.4 Å². The van der Waals surface area contributed by atoms with Gasteiger partial charge < -0.3 is 20.5 Å². The molecule has 0 spiro atoms. The highest BCUT2D eigenvalue weighted by Crippen LogP contribution is 2.15. The third-order valence-electron chi connectivity index (χ3n) is 2.82. The van der Waals surface area contributed by atoms with Gasteiger partial charge in [0.25, 0.3) is 0 Å². The summed E-state index contributed by atoms with van der Waals surface area (Å²) in [6.45, 7) is 3.71. The van der Waals surface area contributed by atoms with E-state index >= 15 is 0 Å². The Kier molecular flexibility index (Phi) is 6.92. The summed E-state index contributed by atoms with van der Waals surface area (Å²) in [6, 6.07) is 7.19. The molecule has 0 saturated heterocycles. The zero-order chi connectivity index (χ0) is 14.1. The van der Waals surface area contributed by atoms with Gasteiger partial charge in [0.1, 0.15) is 5.75 Å². The number of carbonyl (C=O) groups excluding carboxylic acids is 1. The lowest BCUT2D eigenvalue weighted by Gasteiger charge is -2.14. The summed E-state index contributed by atoms with van der Waals surface area (Å²) in [4.78, 5) is 11.4. The standard InChI is InChI=1S/C14H22N2O3/c1-11(12-3-5-13(17)6-4-12)15-8-7-14(18)16-9-10-19-2/h3-6,11,15,17H,7-10H2,1-2H3,(H,16,18). The van der Waals surface area contributed by atoms with Gasteiger partial charge in [-0.2, -0.15) is 0 Å². The predicted octanol–water partition coefficient (Wildman–Crippen LogP) is 1.20. The molecule has 106 valence electrons. The number of hydrogen-bond acceptors (Lipinski definition) is 4. The van der Waals surface area contributed by atoms with E-state index < -0.39 is 0 Å². The van der Waals surface area contributed by atoms with Crippen molar-refractivity contribution in [2.24, 2.45) is 0 Å². The van der Waals surface area contributed by atoms with Crippen molar-refractivity contribution in [3.05, 3.63) is 29.8 Å². The zero-order valence-electron chi connectivity index (χ0n) is 11.5. The quantitative estimate of drug-likeness (QED) is 0.618. The second kappa shape index (κ2) is 8.50. The molecule has 0 aliphatic rings. The molecule has 1 atom stereocenters. The first-order valence-corrected chi connectivity index (χ1v) is 6.41. The van der Waals surface area contributed by atoms with Crippen LogP contribution in [0.3, 0.4) is 0 Å². The molecule has 0 aromatic heterocycles. The smallest absolute Gasteiger partial charge is 0.221 e. The lowest BCUT2D eigenvalue weighted by Crippen LogP contribution is -2.30. The second-order valence-electron chi connectivity index (χ2n) is 4.36. The Morgan fingerprint density at radius 2 is 2.00 bits per heavy atom. The molecule has 0 fully saturated rings. The van der Waals surface area contributed by atoms with Crippen molar-refractivity contribution < 1.29 is 14.6 Å². The lowest BCUT2D eigenvalue weighted by atomic mass is 10.1. The van der Waals surface area contributed by atoms with Crippen molar-refractivity contribution >= 4 is 5.91 Å². The number of aromatic hydroxyl groups is 1. The Labute approximate surface area is 114 Å². The number of hydrogen-bond donors (Lipinski definition) is 3. The number of phenols is 1. The molecule has 1 unspecified atom stereocenters. The van der Waals surface area contributed by atoms with Crippen LogP contribution in [0.1, 0.15) is 24.9 Å². The van der Waals surface area contributed by atoms with Crippen LogP contribution in [0.15, 0.2) is 24.3 Å². The molecule has 0 aliphatic heterocycles. The first-order valence-electron chi connectivity index (χ1n) is 6.41. The van der Waals surface area contributed by atoms with Gasteiger partial charge in [-0.25, -0.2) is 0 Å². The van der Waals surface area contributed by atoms with Crippen molar-refractivity contribution in [3.8, 4) is 5.75 Å². The van der Waals surface area contributed by atoms with E-state index in [1.54, 1.807) is 19.2 Å². The van der Waals surface area contributed by atoms with Crippen LogP contribution in [0, 0.1) is 0 Å². The minimum atomic E-state index is 0.0162. The molecule has 19 heavy (non-hydrogen) atoms. The maximum Gasteiger partial charge on any atom is 0.221 e. The zero-order valence-corrected chi connectivity index (χ0v) is 11.5. The van der Waals surface area contributed by atoms with Gasteiger partial charge in [-0.3, -0.25) is 4.79 Å². The lowest BCUT2D eigenvalue weighted by molar-refractivity contribution is -0.121. The van der Waals surface area contributed by atoms with E-state index in [0.29, 0.717) is 26.1 Å². The SMILES string of the molecule is COCCNC(=O)CCNC(C)c1ccc(O)cc1. The number of amides is 1. The molecular formula is C14H22N2O3. The van der Waals surface area contributed by atoms with Crippen LogP contribution in [-0.4, -0.2) is 37.8 Å². The van der Waals surface area contributed by atoms with Gasteiger partial charge in [0, 0.05) is 32.7 Å². The monoisotopic (exact) mass is 266 g/mol. The molecule has 0 bridgehead atoms. The van der Waals surface area contributed by atoms with Crippen molar-refractivity contribution in [1.29, 1.82) is 0 Å². The van der Waals surface area contributed by atoms with Crippen LogP contribution in [0.5, 0.6) is 5.75 Å². The maximum absolute atomic E-state index is 11.4. The summed E-state index contributed by atoms with van der Waals surface area (Å²) in [7, 11) is 1.60. The first-order chi connectivity index (χ1) is 9.13. The second-order valence-corrected chi connectivity index (χ2v) is 4.36. The number of nitrogens with one attached hydrogen (secondary N) is 2. The third kappa shape index (κ3) is 6.22. The van der Waals surface area contributed by atoms with Gasteiger partial charge in [-0.1, -0.05) is 12.1 Å². The summed E-state index contributed by atoms with van der Waals surface area (Å²) in [6.07, 6.45) is 0.437. The van der Waals surface area contributed by atoms with Gasteiger partial charge in [0.2, 0.25) is 5.91 Å². The van der Waals surface area contributed by atoms with Gasteiger partial charge in [-0.15, -0.1) is 0 Å². The van der Waals surface area contributed by atoms with Crippen molar-refractivity contribution in [1.82, 2.24) is 10.6 Å². The first kappa shape index (κ1) is 15.5. The predicted molar refractivity (Wildman–Crippen MR) is 74.0 cm³/mol.